The van der Waals surface area contributed by atoms with Crippen molar-refractivity contribution in [2.45, 2.75) is 43.9 Å². The molecule has 0 bridgehead atoms. The molecular formula is C16H21N3O3. The maximum Gasteiger partial charge on any atom is 0.253 e. The Balaban J connectivity index is 1.55. The first-order chi connectivity index (χ1) is 10.6. The molecule has 1 aromatic carbocycles. The number of carbonyl (C=O) groups excluding carboxylic acids is 2. The summed E-state index contributed by atoms with van der Waals surface area (Å²) in [5, 5.41) is 5.69. The van der Waals surface area contributed by atoms with Crippen molar-refractivity contribution in [2.24, 2.45) is 5.73 Å². The summed E-state index contributed by atoms with van der Waals surface area (Å²) in [6.45, 7) is 1.05. The number of amides is 2. The maximum absolute atomic E-state index is 12.0. The van der Waals surface area contributed by atoms with Crippen LogP contribution in [-0.4, -0.2) is 30.1 Å². The SMILES string of the molecule is NC1(C(=O)NCc2cccc(NC(=O)C3CCCO3)c2)CC1. The third kappa shape index (κ3) is 3.45. The minimum atomic E-state index is -0.661. The summed E-state index contributed by atoms with van der Waals surface area (Å²) in [6.07, 6.45) is 2.83. The zero-order valence-electron chi connectivity index (χ0n) is 12.4. The van der Waals surface area contributed by atoms with Crippen LogP contribution in [0.15, 0.2) is 24.3 Å². The molecule has 1 saturated carbocycles. The number of carbonyl (C=O) groups is 2. The largest absolute Gasteiger partial charge is 0.368 e. The van der Waals surface area contributed by atoms with Crippen LogP contribution in [-0.2, 0) is 20.9 Å². The first kappa shape index (κ1) is 15.0. The molecular weight excluding hydrogens is 282 g/mol. The molecule has 3 rings (SSSR count). The normalized spacial score (nSPS) is 22.1. The molecule has 1 atom stereocenters. The summed E-state index contributed by atoms with van der Waals surface area (Å²) in [7, 11) is 0. The lowest BCUT2D eigenvalue weighted by atomic mass is 10.1. The maximum atomic E-state index is 12.0. The number of benzene rings is 1. The van der Waals surface area contributed by atoms with E-state index in [1.807, 2.05) is 24.3 Å². The molecule has 1 aromatic rings. The van der Waals surface area contributed by atoms with Crippen molar-refractivity contribution in [1.29, 1.82) is 0 Å². The Morgan fingerprint density at radius 1 is 1.36 bits per heavy atom. The predicted molar refractivity (Wildman–Crippen MR) is 82.0 cm³/mol. The smallest absolute Gasteiger partial charge is 0.253 e. The van der Waals surface area contributed by atoms with Gasteiger partial charge >= 0.3 is 0 Å². The fraction of sp³-hybridized carbons (Fsp3) is 0.500. The molecule has 1 aliphatic carbocycles. The highest BCUT2D eigenvalue weighted by Gasteiger charge is 2.45. The van der Waals surface area contributed by atoms with Crippen LogP contribution in [0.3, 0.4) is 0 Å². The van der Waals surface area contributed by atoms with Crippen LogP contribution in [0.2, 0.25) is 0 Å². The number of nitrogens with two attached hydrogens (primary N) is 1. The number of rotatable bonds is 5. The molecule has 1 saturated heterocycles. The Bertz CT molecular complexity index is 578. The predicted octanol–water partition coefficient (Wildman–Crippen LogP) is 0.912. The molecule has 0 aromatic heterocycles. The third-order valence-electron chi connectivity index (χ3n) is 4.11. The zero-order chi connectivity index (χ0) is 15.6. The molecule has 6 nitrogen and oxygen atoms in total. The molecule has 118 valence electrons. The van der Waals surface area contributed by atoms with Gasteiger partial charge in [0, 0.05) is 18.8 Å². The minimum Gasteiger partial charge on any atom is -0.368 e. The molecule has 1 aliphatic heterocycles. The summed E-state index contributed by atoms with van der Waals surface area (Å²) in [6, 6.07) is 7.42. The number of hydrogen-bond donors (Lipinski definition) is 3. The molecule has 2 amide bonds. The Hall–Kier alpha value is -1.92. The summed E-state index contributed by atoms with van der Waals surface area (Å²) >= 11 is 0. The van der Waals surface area contributed by atoms with Crippen LogP contribution >= 0.6 is 0 Å². The standard InChI is InChI=1S/C16H21N3O3/c17-16(6-7-16)15(21)18-10-11-3-1-4-12(9-11)19-14(20)13-5-2-8-22-13/h1,3-4,9,13H,2,5-8,10,17H2,(H,18,21)(H,19,20). The number of nitrogens with one attached hydrogen (secondary N) is 2. The fourth-order valence-corrected chi connectivity index (χ4v) is 2.49. The Morgan fingerprint density at radius 2 is 2.18 bits per heavy atom. The van der Waals surface area contributed by atoms with Crippen molar-refractivity contribution in [3.05, 3.63) is 29.8 Å². The molecule has 0 spiro atoms. The number of ether oxygens (including phenoxy) is 1. The van der Waals surface area contributed by atoms with Crippen molar-refractivity contribution in [3.63, 3.8) is 0 Å². The van der Waals surface area contributed by atoms with Gasteiger partial charge in [0.15, 0.2) is 0 Å². The molecule has 6 heteroatoms. The van der Waals surface area contributed by atoms with E-state index in [0.717, 1.165) is 31.2 Å². The van der Waals surface area contributed by atoms with Gasteiger partial charge in [-0.3, -0.25) is 9.59 Å². The van der Waals surface area contributed by atoms with Crippen LogP contribution in [0.4, 0.5) is 5.69 Å². The Kier molecular flexibility index (Phi) is 4.13. The highest BCUT2D eigenvalue weighted by molar-refractivity contribution is 5.94. The van der Waals surface area contributed by atoms with Gasteiger partial charge < -0.3 is 21.1 Å². The van der Waals surface area contributed by atoms with Gasteiger partial charge in [0.1, 0.15) is 6.10 Å². The molecule has 2 aliphatic rings. The molecule has 4 N–H and O–H groups in total. The van der Waals surface area contributed by atoms with Crippen LogP contribution in [0.1, 0.15) is 31.2 Å². The lowest BCUT2D eigenvalue weighted by Crippen LogP contribution is -2.42. The van der Waals surface area contributed by atoms with Crippen LogP contribution in [0.5, 0.6) is 0 Å². The number of hydrogen-bond acceptors (Lipinski definition) is 4. The van der Waals surface area contributed by atoms with E-state index in [4.69, 9.17) is 10.5 Å². The van der Waals surface area contributed by atoms with Crippen molar-refractivity contribution in [1.82, 2.24) is 5.32 Å². The molecule has 1 heterocycles. The first-order valence-corrected chi connectivity index (χ1v) is 7.65. The van der Waals surface area contributed by atoms with E-state index in [-0.39, 0.29) is 17.9 Å². The van der Waals surface area contributed by atoms with Gasteiger partial charge in [-0.1, -0.05) is 12.1 Å². The van der Waals surface area contributed by atoms with E-state index in [2.05, 4.69) is 10.6 Å². The second kappa shape index (κ2) is 6.06. The Labute approximate surface area is 129 Å². The average molecular weight is 303 g/mol. The highest BCUT2D eigenvalue weighted by Crippen LogP contribution is 2.32. The van der Waals surface area contributed by atoms with Gasteiger partial charge in [0.05, 0.1) is 5.54 Å². The van der Waals surface area contributed by atoms with Crippen LogP contribution < -0.4 is 16.4 Å². The lowest BCUT2D eigenvalue weighted by Gasteiger charge is -2.13. The van der Waals surface area contributed by atoms with Gasteiger partial charge in [0.2, 0.25) is 5.91 Å². The van der Waals surface area contributed by atoms with E-state index < -0.39 is 5.54 Å². The van der Waals surface area contributed by atoms with Gasteiger partial charge in [-0.25, -0.2) is 0 Å². The van der Waals surface area contributed by atoms with E-state index in [0.29, 0.717) is 18.8 Å². The topological polar surface area (TPSA) is 93.5 Å². The monoisotopic (exact) mass is 303 g/mol. The minimum absolute atomic E-state index is 0.110. The van der Waals surface area contributed by atoms with E-state index in [1.54, 1.807) is 0 Å². The average Bonchev–Trinajstić information content (AvgIpc) is 3.05. The molecule has 0 radical (unpaired) electrons. The van der Waals surface area contributed by atoms with Crippen LogP contribution in [0.25, 0.3) is 0 Å². The van der Waals surface area contributed by atoms with E-state index in [9.17, 15) is 9.59 Å². The molecule has 22 heavy (non-hydrogen) atoms. The highest BCUT2D eigenvalue weighted by atomic mass is 16.5. The summed E-state index contributed by atoms with van der Waals surface area (Å²) in [4.78, 5) is 23.8. The molecule has 1 unspecified atom stereocenters. The van der Waals surface area contributed by atoms with E-state index >= 15 is 0 Å². The van der Waals surface area contributed by atoms with Crippen molar-refractivity contribution in [3.8, 4) is 0 Å². The fourth-order valence-electron chi connectivity index (χ4n) is 2.49. The second-order valence-corrected chi connectivity index (χ2v) is 6.03. The lowest BCUT2D eigenvalue weighted by molar-refractivity contribution is -0.125. The van der Waals surface area contributed by atoms with Crippen LogP contribution in [0, 0.1) is 0 Å². The van der Waals surface area contributed by atoms with Gasteiger partial charge in [-0.2, -0.15) is 0 Å². The Morgan fingerprint density at radius 3 is 2.86 bits per heavy atom. The van der Waals surface area contributed by atoms with Gasteiger partial charge in [-0.05, 0) is 43.4 Å². The summed E-state index contributed by atoms with van der Waals surface area (Å²) in [5.41, 5.74) is 6.80. The van der Waals surface area contributed by atoms with Crippen molar-refractivity contribution >= 4 is 17.5 Å². The number of anilines is 1. The van der Waals surface area contributed by atoms with Crippen molar-refractivity contribution in [2.75, 3.05) is 11.9 Å². The summed E-state index contributed by atoms with van der Waals surface area (Å²) < 4.78 is 5.36. The molecule has 2 fully saturated rings. The summed E-state index contributed by atoms with van der Waals surface area (Å²) in [5.74, 6) is -0.223. The first-order valence-electron chi connectivity index (χ1n) is 7.65. The zero-order valence-corrected chi connectivity index (χ0v) is 12.4. The quantitative estimate of drug-likeness (QED) is 0.754. The third-order valence-corrected chi connectivity index (χ3v) is 4.11. The van der Waals surface area contributed by atoms with Gasteiger partial charge in [-0.15, -0.1) is 0 Å². The van der Waals surface area contributed by atoms with Crippen molar-refractivity contribution < 1.29 is 14.3 Å². The second-order valence-electron chi connectivity index (χ2n) is 6.03. The van der Waals surface area contributed by atoms with E-state index in [1.165, 1.54) is 0 Å². The van der Waals surface area contributed by atoms with Gasteiger partial charge in [0.25, 0.3) is 5.91 Å².